The first-order valence-corrected chi connectivity index (χ1v) is 7.86. The smallest absolute Gasteiger partial charge is 0.304 e. The first kappa shape index (κ1) is 17.7. The fourth-order valence-corrected chi connectivity index (χ4v) is 2.42. The third kappa shape index (κ3) is 7.83. The molecule has 0 amide bonds. The van der Waals surface area contributed by atoms with Gasteiger partial charge in [0.05, 0.1) is 6.42 Å². The number of carbonyl (C=O) groups is 1. The molecule has 1 rings (SSSR count). The van der Waals surface area contributed by atoms with Crippen LogP contribution in [0.4, 0.5) is 0 Å². The maximum absolute atomic E-state index is 10.8. The summed E-state index contributed by atoms with van der Waals surface area (Å²) in [6.07, 6.45) is 1.28. The molecule has 4 nitrogen and oxygen atoms in total. The highest BCUT2D eigenvalue weighted by Crippen LogP contribution is 2.06. The van der Waals surface area contributed by atoms with Crippen LogP contribution in [-0.2, 0) is 11.3 Å². The highest BCUT2D eigenvalue weighted by molar-refractivity contribution is 5.66. The summed E-state index contributed by atoms with van der Waals surface area (Å²) in [5.41, 5.74) is 1.24. The van der Waals surface area contributed by atoms with Crippen molar-refractivity contribution in [3.8, 4) is 0 Å². The zero-order valence-electron chi connectivity index (χ0n) is 13.3. The van der Waals surface area contributed by atoms with E-state index in [-0.39, 0.29) is 6.42 Å². The van der Waals surface area contributed by atoms with E-state index in [1.54, 1.807) is 0 Å². The number of hydrogen-bond donors (Lipinski definition) is 1. The molecule has 0 spiro atoms. The number of nitrogens with zero attached hydrogens (tertiary/aromatic N) is 2. The maximum atomic E-state index is 10.8. The molecular formula is C17H28N2O2. The Morgan fingerprint density at radius 2 is 1.62 bits per heavy atom. The molecule has 0 unspecified atom stereocenters. The predicted octanol–water partition coefficient (Wildman–Crippen LogP) is 2.70. The highest BCUT2D eigenvalue weighted by atomic mass is 16.4. The molecule has 21 heavy (non-hydrogen) atoms. The van der Waals surface area contributed by atoms with E-state index >= 15 is 0 Å². The van der Waals surface area contributed by atoms with Crippen molar-refractivity contribution in [1.82, 2.24) is 9.80 Å². The Hall–Kier alpha value is -1.39. The van der Waals surface area contributed by atoms with E-state index in [1.165, 1.54) is 5.56 Å². The Morgan fingerprint density at radius 3 is 2.19 bits per heavy atom. The van der Waals surface area contributed by atoms with Crippen LogP contribution in [0.5, 0.6) is 0 Å². The van der Waals surface area contributed by atoms with Crippen LogP contribution in [0.1, 0.15) is 32.3 Å². The molecule has 0 saturated heterocycles. The minimum absolute atomic E-state index is 0.206. The second-order valence-electron chi connectivity index (χ2n) is 5.29. The van der Waals surface area contributed by atoms with Gasteiger partial charge >= 0.3 is 5.97 Å². The molecule has 0 radical (unpaired) electrons. The van der Waals surface area contributed by atoms with Crippen LogP contribution in [-0.4, -0.2) is 53.6 Å². The lowest BCUT2D eigenvalue weighted by Gasteiger charge is -2.24. The summed E-state index contributed by atoms with van der Waals surface area (Å²) in [5.74, 6) is -0.725. The quantitative estimate of drug-likeness (QED) is 0.681. The van der Waals surface area contributed by atoms with Crippen LogP contribution in [0.2, 0.25) is 0 Å². The summed E-state index contributed by atoms with van der Waals surface area (Å²) in [7, 11) is 0. The molecule has 0 aliphatic heterocycles. The van der Waals surface area contributed by atoms with E-state index in [4.69, 9.17) is 5.11 Å². The van der Waals surface area contributed by atoms with E-state index in [1.807, 2.05) is 18.2 Å². The van der Waals surface area contributed by atoms with Crippen LogP contribution >= 0.6 is 0 Å². The summed E-state index contributed by atoms with van der Waals surface area (Å²) < 4.78 is 0. The van der Waals surface area contributed by atoms with E-state index in [2.05, 4.69) is 35.8 Å². The molecule has 0 aliphatic rings. The standard InChI is InChI=1S/C17H28N2O2/c1-3-18(4-2)12-8-13-19(14-11-17(20)21)15-16-9-6-5-7-10-16/h5-7,9-10H,3-4,8,11-15H2,1-2H3,(H,20,21). The number of rotatable bonds is 11. The topological polar surface area (TPSA) is 43.8 Å². The van der Waals surface area contributed by atoms with E-state index in [0.29, 0.717) is 6.54 Å². The van der Waals surface area contributed by atoms with Gasteiger partial charge in [-0.1, -0.05) is 44.2 Å². The van der Waals surface area contributed by atoms with Crippen LogP contribution in [0, 0.1) is 0 Å². The van der Waals surface area contributed by atoms with Crippen LogP contribution in [0.25, 0.3) is 0 Å². The van der Waals surface area contributed by atoms with Crippen molar-refractivity contribution in [2.24, 2.45) is 0 Å². The lowest BCUT2D eigenvalue weighted by molar-refractivity contribution is -0.137. The predicted molar refractivity (Wildman–Crippen MR) is 86.4 cm³/mol. The minimum atomic E-state index is -0.725. The van der Waals surface area contributed by atoms with Gasteiger partial charge in [0.2, 0.25) is 0 Å². The number of benzene rings is 1. The van der Waals surface area contributed by atoms with E-state index in [0.717, 1.165) is 39.1 Å². The van der Waals surface area contributed by atoms with Crippen LogP contribution in [0.3, 0.4) is 0 Å². The molecule has 0 heterocycles. The van der Waals surface area contributed by atoms with Crippen molar-refractivity contribution in [2.45, 2.75) is 33.2 Å². The van der Waals surface area contributed by atoms with E-state index in [9.17, 15) is 4.79 Å². The third-order valence-electron chi connectivity index (χ3n) is 3.73. The van der Waals surface area contributed by atoms with Gasteiger partial charge in [0, 0.05) is 13.1 Å². The molecule has 1 aromatic carbocycles. The molecule has 118 valence electrons. The molecule has 0 aromatic heterocycles. The summed E-state index contributed by atoms with van der Waals surface area (Å²) in [5, 5.41) is 8.88. The molecule has 0 bridgehead atoms. The second-order valence-corrected chi connectivity index (χ2v) is 5.29. The van der Waals surface area contributed by atoms with Gasteiger partial charge in [-0.25, -0.2) is 0 Å². The van der Waals surface area contributed by atoms with Gasteiger partial charge in [0.25, 0.3) is 0 Å². The molecule has 1 aromatic rings. The van der Waals surface area contributed by atoms with Gasteiger partial charge < -0.3 is 10.0 Å². The summed E-state index contributed by atoms with van der Waals surface area (Å²) >= 11 is 0. The normalized spacial score (nSPS) is 11.2. The SMILES string of the molecule is CCN(CC)CCCN(CCC(=O)O)Cc1ccccc1. The average molecular weight is 292 g/mol. The van der Waals surface area contributed by atoms with E-state index < -0.39 is 5.97 Å². The van der Waals surface area contributed by atoms with Crippen LogP contribution < -0.4 is 0 Å². The zero-order chi connectivity index (χ0) is 15.5. The van der Waals surface area contributed by atoms with Gasteiger partial charge in [-0.05, 0) is 38.2 Å². The molecule has 0 saturated carbocycles. The maximum Gasteiger partial charge on any atom is 0.304 e. The fraction of sp³-hybridized carbons (Fsp3) is 0.588. The first-order chi connectivity index (χ1) is 10.2. The van der Waals surface area contributed by atoms with Crippen molar-refractivity contribution in [3.05, 3.63) is 35.9 Å². The van der Waals surface area contributed by atoms with Crippen molar-refractivity contribution in [3.63, 3.8) is 0 Å². The number of hydrogen-bond acceptors (Lipinski definition) is 3. The Kier molecular flexibility index (Phi) is 8.71. The number of aliphatic carboxylic acids is 1. The average Bonchev–Trinajstić information content (AvgIpc) is 2.50. The lowest BCUT2D eigenvalue weighted by atomic mass is 10.2. The highest BCUT2D eigenvalue weighted by Gasteiger charge is 2.09. The Bertz CT molecular complexity index is 391. The third-order valence-corrected chi connectivity index (χ3v) is 3.73. The van der Waals surface area contributed by atoms with Gasteiger partial charge in [-0.2, -0.15) is 0 Å². The van der Waals surface area contributed by atoms with Crippen molar-refractivity contribution in [1.29, 1.82) is 0 Å². The second kappa shape index (κ2) is 10.4. The van der Waals surface area contributed by atoms with Gasteiger partial charge in [-0.3, -0.25) is 9.69 Å². The first-order valence-electron chi connectivity index (χ1n) is 7.86. The van der Waals surface area contributed by atoms with Gasteiger partial charge in [-0.15, -0.1) is 0 Å². The molecular weight excluding hydrogens is 264 g/mol. The summed E-state index contributed by atoms with van der Waals surface area (Å²) in [6, 6.07) is 10.3. The monoisotopic (exact) mass is 292 g/mol. The minimum Gasteiger partial charge on any atom is -0.481 e. The summed E-state index contributed by atoms with van der Waals surface area (Å²) in [6.45, 7) is 9.96. The molecule has 1 N–H and O–H groups in total. The lowest BCUT2D eigenvalue weighted by Crippen LogP contribution is -2.31. The fourth-order valence-electron chi connectivity index (χ4n) is 2.42. The molecule has 0 atom stereocenters. The Balaban J connectivity index is 2.46. The van der Waals surface area contributed by atoms with Crippen LogP contribution in [0.15, 0.2) is 30.3 Å². The molecule has 4 heteroatoms. The largest absolute Gasteiger partial charge is 0.481 e. The molecule has 0 aliphatic carbocycles. The number of carboxylic acid groups (broad SMARTS) is 1. The van der Waals surface area contributed by atoms with Gasteiger partial charge in [0.1, 0.15) is 0 Å². The Morgan fingerprint density at radius 1 is 1.00 bits per heavy atom. The zero-order valence-corrected chi connectivity index (χ0v) is 13.3. The number of carboxylic acids is 1. The summed E-state index contributed by atoms with van der Waals surface area (Å²) in [4.78, 5) is 15.4. The van der Waals surface area contributed by atoms with Crippen molar-refractivity contribution in [2.75, 3.05) is 32.7 Å². The van der Waals surface area contributed by atoms with Crippen molar-refractivity contribution < 1.29 is 9.90 Å². The Labute approximate surface area is 128 Å². The van der Waals surface area contributed by atoms with Gasteiger partial charge in [0.15, 0.2) is 0 Å². The molecule has 0 fully saturated rings. The van der Waals surface area contributed by atoms with Crippen molar-refractivity contribution >= 4 is 5.97 Å².